The number of carbonyl (C=O) groups is 1. The Morgan fingerprint density at radius 1 is 1.20 bits per heavy atom. The van der Waals surface area contributed by atoms with E-state index in [1.165, 1.54) is 11.1 Å². The van der Waals surface area contributed by atoms with Gasteiger partial charge in [-0.3, -0.25) is 4.79 Å². The monoisotopic (exact) mass is 199 g/mol. The molecule has 1 heterocycles. The molecule has 0 unspecified atom stereocenters. The van der Waals surface area contributed by atoms with Crippen LogP contribution in [0.3, 0.4) is 0 Å². The predicted octanol–water partition coefficient (Wildman–Crippen LogP) is 2.91. The van der Waals surface area contributed by atoms with Gasteiger partial charge in [0.2, 0.25) is 0 Å². The number of hydrogen-bond acceptors (Lipinski definition) is 1. The highest BCUT2D eigenvalue weighted by Gasteiger charge is 2.25. The molecule has 1 aromatic carbocycles. The number of hydrogen-bond donors (Lipinski definition) is 1. The molecule has 1 N–H and O–H groups in total. The van der Waals surface area contributed by atoms with Gasteiger partial charge in [-0.05, 0) is 37.5 Å². The zero-order valence-electron chi connectivity index (χ0n) is 8.98. The lowest BCUT2D eigenvalue weighted by molar-refractivity contribution is 0.0996. The second kappa shape index (κ2) is 2.72. The Balaban J connectivity index is 2.47. The van der Waals surface area contributed by atoms with E-state index in [9.17, 15) is 4.79 Å². The Labute approximate surface area is 88.3 Å². The largest absolute Gasteiger partial charge is 0.358 e. The number of ketones is 1. The van der Waals surface area contributed by atoms with Gasteiger partial charge in [0.25, 0.3) is 0 Å². The normalized spacial score (nSPS) is 14.9. The number of aryl methyl sites for hydroxylation is 3. The predicted molar refractivity (Wildman–Crippen MR) is 60.4 cm³/mol. The van der Waals surface area contributed by atoms with Crippen molar-refractivity contribution in [3.05, 3.63) is 34.5 Å². The summed E-state index contributed by atoms with van der Waals surface area (Å²) < 4.78 is 0. The summed E-state index contributed by atoms with van der Waals surface area (Å²) in [5.74, 6) is 0.295. The van der Waals surface area contributed by atoms with Gasteiger partial charge in [0.1, 0.15) is 0 Å². The van der Waals surface area contributed by atoms with Crippen molar-refractivity contribution in [3.8, 4) is 0 Å². The topological polar surface area (TPSA) is 32.9 Å². The van der Waals surface area contributed by atoms with Crippen LogP contribution in [0.1, 0.15) is 33.6 Å². The van der Waals surface area contributed by atoms with Crippen molar-refractivity contribution in [1.82, 2.24) is 4.98 Å². The summed E-state index contributed by atoms with van der Waals surface area (Å²) in [6, 6.07) is 4.26. The molecular formula is C13H13NO. The SMILES string of the molecule is Cc1cc(C)c2c3c([nH]c2c1)CCC3=O. The molecule has 0 saturated carbocycles. The van der Waals surface area contributed by atoms with Gasteiger partial charge in [-0.1, -0.05) is 6.07 Å². The number of nitrogens with one attached hydrogen (secondary N) is 1. The molecule has 0 bridgehead atoms. The molecule has 1 aliphatic carbocycles. The van der Waals surface area contributed by atoms with E-state index in [2.05, 4.69) is 31.0 Å². The van der Waals surface area contributed by atoms with E-state index in [0.29, 0.717) is 12.2 Å². The molecule has 0 saturated heterocycles. The van der Waals surface area contributed by atoms with Crippen LogP contribution < -0.4 is 0 Å². The Kier molecular flexibility index (Phi) is 1.58. The van der Waals surface area contributed by atoms with E-state index < -0.39 is 0 Å². The summed E-state index contributed by atoms with van der Waals surface area (Å²) in [5, 5.41) is 1.14. The van der Waals surface area contributed by atoms with Crippen LogP contribution in [-0.2, 0) is 6.42 Å². The number of H-pyrrole nitrogens is 1. The maximum Gasteiger partial charge on any atom is 0.165 e. The molecular weight excluding hydrogens is 186 g/mol. The van der Waals surface area contributed by atoms with Crippen LogP contribution in [0.2, 0.25) is 0 Å². The molecule has 76 valence electrons. The minimum absolute atomic E-state index is 0.295. The number of benzene rings is 1. The van der Waals surface area contributed by atoms with Gasteiger partial charge < -0.3 is 4.98 Å². The number of aromatic amines is 1. The quantitative estimate of drug-likeness (QED) is 0.695. The first-order valence-electron chi connectivity index (χ1n) is 5.32. The molecule has 0 aliphatic heterocycles. The van der Waals surface area contributed by atoms with E-state index in [4.69, 9.17) is 0 Å². The lowest BCUT2D eigenvalue weighted by atomic mass is 10.0. The smallest absolute Gasteiger partial charge is 0.165 e. The van der Waals surface area contributed by atoms with Gasteiger partial charge >= 0.3 is 0 Å². The Bertz CT molecular complexity index is 578. The maximum atomic E-state index is 11.8. The van der Waals surface area contributed by atoms with E-state index >= 15 is 0 Å². The molecule has 0 atom stereocenters. The van der Waals surface area contributed by atoms with Gasteiger partial charge in [0, 0.05) is 28.6 Å². The summed E-state index contributed by atoms with van der Waals surface area (Å²) >= 11 is 0. The van der Waals surface area contributed by atoms with Crippen LogP contribution in [0.5, 0.6) is 0 Å². The summed E-state index contributed by atoms with van der Waals surface area (Å²) in [7, 11) is 0. The van der Waals surface area contributed by atoms with Crippen LogP contribution >= 0.6 is 0 Å². The first kappa shape index (κ1) is 8.72. The number of rotatable bonds is 0. The third kappa shape index (κ3) is 1.08. The van der Waals surface area contributed by atoms with Crippen LogP contribution in [0.4, 0.5) is 0 Å². The molecule has 15 heavy (non-hydrogen) atoms. The fourth-order valence-electron chi connectivity index (χ4n) is 2.63. The van der Waals surface area contributed by atoms with E-state index in [1.807, 2.05) is 0 Å². The average molecular weight is 199 g/mol. The second-order valence-corrected chi connectivity index (χ2v) is 4.41. The molecule has 2 heteroatoms. The second-order valence-electron chi connectivity index (χ2n) is 4.41. The highest BCUT2D eigenvalue weighted by Crippen LogP contribution is 2.32. The lowest BCUT2D eigenvalue weighted by Gasteiger charge is -2.00. The zero-order chi connectivity index (χ0) is 10.6. The van der Waals surface area contributed by atoms with E-state index in [1.54, 1.807) is 0 Å². The number of aromatic nitrogens is 1. The number of carbonyl (C=O) groups excluding carboxylic acids is 1. The van der Waals surface area contributed by atoms with Gasteiger partial charge in [-0.25, -0.2) is 0 Å². The molecule has 2 nitrogen and oxygen atoms in total. The Hall–Kier alpha value is -1.57. The van der Waals surface area contributed by atoms with Crippen molar-refractivity contribution in [2.24, 2.45) is 0 Å². The van der Waals surface area contributed by atoms with Gasteiger partial charge in [-0.15, -0.1) is 0 Å². The summed E-state index contributed by atoms with van der Waals surface area (Å²) in [5.41, 5.74) is 5.64. The first-order chi connectivity index (χ1) is 7.16. The van der Waals surface area contributed by atoms with Crippen LogP contribution in [-0.4, -0.2) is 10.8 Å². The lowest BCUT2D eigenvalue weighted by Crippen LogP contribution is -1.91. The molecule has 0 amide bonds. The van der Waals surface area contributed by atoms with Gasteiger partial charge in [0.05, 0.1) is 0 Å². The molecule has 0 fully saturated rings. The van der Waals surface area contributed by atoms with E-state index in [0.717, 1.165) is 28.6 Å². The Morgan fingerprint density at radius 2 is 2.00 bits per heavy atom. The molecule has 0 spiro atoms. The van der Waals surface area contributed by atoms with Crippen molar-refractivity contribution in [2.45, 2.75) is 26.7 Å². The van der Waals surface area contributed by atoms with Crippen molar-refractivity contribution >= 4 is 16.7 Å². The van der Waals surface area contributed by atoms with Crippen molar-refractivity contribution in [2.75, 3.05) is 0 Å². The number of Topliss-reactive ketones (excluding diaryl/α,β-unsaturated/α-hetero) is 1. The fourth-order valence-corrected chi connectivity index (χ4v) is 2.63. The van der Waals surface area contributed by atoms with Crippen molar-refractivity contribution in [1.29, 1.82) is 0 Å². The Morgan fingerprint density at radius 3 is 2.80 bits per heavy atom. The summed E-state index contributed by atoms with van der Waals surface area (Å²) in [4.78, 5) is 15.1. The molecule has 0 radical (unpaired) electrons. The molecule has 1 aliphatic rings. The average Bonchev–Trinajstić information content (AvgIpc) is 2.66. The van der Waals surface area contributed by atoms with Crippen LogP contribution in [0.25, 0.3) is 10.9 Å². The molecule has 2 aromatic rings. The van der Waals surface area contributed by atoms with Crippen molar-refractivity contribution in [3.63, 3.8) is 0 Å². The van der Waals surface area contributed by atoms with Crippen LogP contribution in [0, 0.1) is 13.8 Å². The minimum atomic E-state index is 0.295. The highest BCUT2D eigenvalue weighted by atomic mass is 16.1. The summed E-state index contributed by atoms with van der Waals surface area (Å²) in [6.07, 6.45) is 1.55. The van der Waals surface area contributed by atoms with Crippen LogP contribution in [0.15, 0.2) is 12.1 Å². The van der Waals surface area contributed by atoms with Gasteiger partial charge in [0.15, 0.2) is 5.78 Å². The first-order valence-corrected chi connectivity index (χ1v) is 5.32. The minimum Gasteiger partial charge on any atom is -0.358 e. The third-order valence-electron chi connectivity index (χ3n) is 3.20. The number of fused-ring (bicyclic) bond motifs is 3. The highest BCUT2D eigenvalue weighted by molar-refractivity contribution is 6.12. The zero-order valence-corrected chi connectivity index (χ0v) is 8.98. The summed E-state index contributed by atoms with van der Waals surface area (Å²) in [6.45, 7) is 4.16. The van der Waals surface area contributed by atoms with E-state index in [-0.39, 0.29) is 0 Å². The maximum absolute atomic E-state index is 11.8. The third-order valence-corrected chi connectivity index (χ3v) is 3.20. The molecule has 3 rings (SSSR count). The fraction of sp³-hybridized carbons (Fsp3) is 0.308. The molecule has 1 aromatic heterocycles. The van der Waals surface area contributed by atoms with Crippen molar-refractivity contribution < 1.29 is 4.79 Å². The van der Waals surface area contributed by atoms with Gasteiger partial charge in [-0.2, -0.15) is 0 Å². The standard InChI is InChI=1S/C13H13NO/c1-7-5-8(2)12-10(6-7)14-9-3-4-11(15)13(9)12/h5-6,14H,3-4H2,1-2H3.